The van der Waals surface area contributed by atoms with Crippen molar-refractivity contribution in [2.24, 2.45) is 0 Å². The standard InChI is InChI=1S/C27H24FN5O3/c28-20-2-4-23-21(5-9-29-24(23)14-20)18-6-10-31(11-7-18)15-17-1-3-22-19(13-17)16-33(26(22)35)32-12-8-25(34)30-27(32)36/h1-6,9,13-14H,7-8,10-12,15-16H2,(H,30,34,36). The molecule has 1 saturated heterocycles. The predicted molar refractivity (Wildman–Crippen MR) is 131 cm³/mol. The van der Waals surface area contributed by atoms with E-state index >= 15 is 0 Å². The zero-order chi connectivity index (χ0) is 24.8. The van der Waals surface area contributed by atoms with Crippen LogP contribution in [0, 0.1) is 5.82 Å². The van der Waals surface area contributed by atoms with E-state index in [2.05, 4.69) is 21.3 Å². The van der Waals surface area contributed by atoms with Gasteiger partial charge >= 0.3 is 6.03 Å². The molecule has 3 aliphatic rings. The maximum atomic E-state index is 13.6. The Kier molecular flexibility index (Phi) is 5.49. The summed E-state index contributed by atoms with van der Waals surface area (Å²) >= 11 is 0. The highest BCUT2D eigenvalue weighted by atomic mass is 19.1. The molecule has 1 aromatic heterocycles. The maximum absolute atomic E-state index is 13.6. The molecule has 1 N–H and O–H groups in total. The van der Waals surface area contributed by atoms with Crippen LogP contribution in [0.5, 0.6) is 0 Å². The van der Waals surface area contributed by atoms with Gasteiger partial charge in [-0.1, -0.05) is 18.2 Å². The molecule has 0 aliphatic carbocycles. The summed E-state index contributed by atoms with van der Waals surface area (Å²) in [6, 6.07) is 12.0. The number of hydrogen-bond donors (Lipinski definition) is 1. The number of urea groups is 1. The highest BCUT2D eigenvalue weighted by Crippen LogP contribution is 2.30. The Hall–Kier alpha value is -4.11. The summed E-state index contributed by atoms with van der Waals surface area (Å²) in [7, 11) is 0. The van der Waals surface area contributed by atoms with Crippen LogP contribution in [0.2, 0.25) is 0 Å². The van der Waals surface area contributed by atoms with Gasteiger partial charge in [-0.15, -0.1) is 0 Å². The minimum absolute atomic E-state index is 0.174. The first-order chi connectivity index (χ1) is 17.5. The minimum Gasteiger partial charge on any atom is -0.295 e. The van der Waals surface area contributed by atoms with Crippen molar-refractivity contribution >= 4 is 34.3 Å². The smallest absolute Gasteiger partial charge is 0.295 e. The van der Waals surface area contributed by atoms with E-state index in [0.717, 1.165) is 48.1 Å². The van der Waals surface area contributed by atoms with Crippen molar-refractivity contribution < 1.29 is 18.8 Å². The molecule has 9 heteroatoms. The SMILES string of the molecule is O=C1CCN(N2Cc3cc(CN4CC=C(c5ccnc6cc(F)ccc56)CC4)ccc3C2=O)C(=O)N1. The third-order valence-electron chi connectivity index (χ3n) is 7.03. The van der Waals surface area contributed by atoms with Crippen molar-refractivity contribution in [2.75, 3.05) is 19.6 Å². The van der Waals surface area contributed by atoms with Crippen LogP contribution in [0.25, 0.3) is 16.5 Å². The van der Waals surface area contributed by atoms with Crippen molar-refractivity contribution in [1.82, 2.24) is 25.2 Å². The van der Waals surface area contributed by atoms with Gasteiger partial charge in [0.25, 0.3) is 5.91 Å². The fourth-order valence-electron chi connectivity index (χ4n) is 5.20. The molecule has 182 valence electrons. The molecule has 6 rings (SSSR count). The van der Waals surface area contributed by atoms with Crippen molar-refractivity contribution in [3.8, 4) is 0 Å². The van der Waals surface area contributed by atoms with Gasteiger partial charge in [0.1, 0.15) is 5.82 Å². The molecule has 8 nitrogen and oxygen atoms in total. The Labute approximate surface area is 207 Å². The van der Waals surface area contributed by atoms with E-state index in [4.69, 9.17) is 0 Å². The summed E-state index contributed by atoms with van der Waals surface area (Å²) < 4.78 is 13.6. The number of hydrazine groups is 1. The zero-order valence-electron chi connectivity index (χ0n) is 19.5. The second-order valence-corrected chi connectivity index (χ2v) is 9.32. The van der Waals surface area contributed by atoms with E-state index in [0.29, 0.717) is 17.6 Å². The lowest BCUT2D eigenvalue weighted by Crippen LogP contribution is -2.56. The largest absolute Gasteiger partial charge is 0.342 e. The lowest BCUT2D eigenvalue weighted by atomic mass is 9.96. The number of carbonyl (C=O) groups excluding carboxylic acids is 3. The highest BCUT2D eigenvalue weighted by molar-refractivity contribution is 6.02. The average Bonchev–Trinajstić information content (AvgIpc) is 3.19. The number of pyridine rings is 1. The van der Waals surface area contributed by atoms with Gasteiger partial charge in [-0.25, -0.2) is 19.2 Å². The molecule has 0 saturated carbocycles. The lowest BCUT2D eigenvalue weighted by molar-refractivity contribution is -0.123. The second kappa shape index (κ2) is 8.83. The second-order valence-electron chi connectivity index (χ2n) is 9.32. The number of nitrogens with one attached hydrogen (secondary N) is 1. The molecule has 1 fully saturated rings. The van der Waals surface area contributed by atoms with Crippen LogP contribution in [-0.4, -0.2) is 57.4 Å². The molecule has 3 aromatic rings. The molecule has 3 aliphatic heterocycles. The summed E-state index contributed by atoms with van der Waals surface area (Å²) in [5, 5.41) is 5.96. The van der Waals surface area contributed by atoms with E-state index in [9.17, 15) is 18.8 Å². The minimum atomic E-state index is -0.560. The van der Waals surface area contributed by atoms with Crippen molar-refractivity contribution in [3.05, 3.63) is 82.8 Å². The predicted octanol–water partition coefficient (Wildman–Crippen LogP) is 3.48. The topological polar surface area (TPSA) is 85.9 Å². The van der Waals surface area contributed by atoms with E-state index in [1.54, 1.807) is 12.3 Å². The van der Waals surface area contributed by atoms with E-state index in [1.807, 2.05) is 24.3 Å². The number of benzene rings is 2. The van der Waals surface area contributed by atoms with E-state index in [-0.39, 0.29) is 30.6 Å². The zero-order valence-corrected chi connectivity index (χ0v) is 19.5. The number of carbonyl (C=O) groups is 3. The lowest BCUT2D eigenvalue weighted by Gasteiger charge is -2.33. The molecule has 0 bridgehead atoms. The van der Waals surface area contributed by atoms with Gasteiger partial charge in [0, 0.05) is 49.3 Å². The van der Waals surface area contributed by atoms with Gasteiger partial charge < -0.3 is 0 Å². The molecule has 0 unspecified atom stereocenters. The van der Waals surface area contributed by atoms with Crippen LogP contribution in [0.4, 0.5) is 9.18 Å². The number of aromatic nitrogens is 1. The van der Waals surface area contributed by atoms with Crippen LogP contribution in [-0.2, 0) is 17.9 Å². The number of hydrogen-bond acceptors (Lipinski definition) is 5. The van der Waals surface area contributed by atoms with Crippen molar-refractivity contribution in [2.45, 2.75) is 25.9 Å². The molecular formula is C27H24FN5O3. The number of imide groups is 1. The monoisotopic (exact) mass is 485 g/mol. The molecule has 0 radical (unpaired) electrons. The van der Waals surface area contributed by atoms with Gasteiger partial charge in [-0.05, 0) is 52.9 Å². The number of rotatable bonds is 4. The third kappa shape index (κ3) is 4.01. The van der Waals surface area contributed by atoms with Crippen LogP contribution >= 0.6 is 0 Å². The fourth-order valence-corrected chi connectivity index (χ4v) is 5.20. The van der Waals surface area contributed by atoms with Gasteiger partial charge in [0.2, 0.25) is 5.91 Å². The Morgan fingerprint density at radius 2 is 1.83 bits per heavy atom. The summed E-state index contributed by atoms with van der Waals surface area (Å²) in [6.07, 6.45) is 4.99. The molecule has 4 heterocycles. The van der Waals surface area contributed by atoms with Gasteiger partial charge in [0.15, 0.2) is 0 Å². The normalized spacial score (nSPS) is 18.5. The van der Waals surface area contributed by atoms with Crippen LogP contribution in [0.3, 0.4) is 0 Å². The average molecular weight is 486 g/mol. The van der Waals surface area contributed by atoms with Crippen molar-refractivity contribution in [1.29, 1.82) is 0 Å². The number of nitrogens with zero attached hydrogens (tertiary/aromatic N) is 4. The van der Waals surface area contributed by atoms with Crippen LogP contribution in [0.15, 0.2) is 54.7 Å². The molecule has 4 amide bonds. The molecule has 2 aromatic carbocycles. The summed E-state index contributed by atoms with van der Waals surface area (Å²) in [4.78, 5) is 43.2. The first-order valence-corrected chi connectivity index (χ1v) is 12.0. The van der Waals surface area contributed by atoms with E-state index < -0.39 is 6.03 Å². The van der Waals surface area contributed by atoms with Crippen molar-refractivity contribution in [3.63, 3.8) is 0 Å². The Balaban J connectivity index is 1.15. The number of halogens is 1. The first kappa shape index (κ1) is 22.4. The van der Waals surface area contributed by atoms with Crippen LogP contribution in [0.1, 0.15) is 39.9 Å². The summed E-state index contributed by atoms with van der Waals surface area (Å²) in [5.41, 5.74) is 5.56. The number of amides is 4. The quantitative estimate of drug-likeness (QED) is 0.612. The van der Waals surface area contributed by atoms with Gasteiger partial charge in [0.05, 0.1) is 18.6 Å². The van der Waals surface area contributed by atoms with E-state index in [1.165, 1.54) is 27.7 Å². The Morgan fingerprint density at radius 3 is 2.64 bits per heavy atom. The number of fused-ring (bicyclic) bond motifs is 2. The fraction of sp³-hybridized carbons (Fsp3) is 0.259. The van der Waals surface area contributed by atoms with Gasteiger partial charge in [-0.3, -0.25) is 24.8 Å². The molecular weight excluding hydrogens is 461 g/mol. The van der Waals surface area contributed by atoms with Gasteiger partial charge in [-0.2, -0.15) is 0 Å². The maximum Gasteiger partial charge on any atom is 0.342 e. The molecule has 0 atom stereocenters. The molecule has 0 spiro atoms. The Morgan fingerprint density at radius 1 is 0.944 bits per heavy atom. The highest BCUT2D eigenvalue weighted by Gasteiger charge is 2.36. The summed E-state index contributed by atoms with van der Waals surface area (Å²) in [6.45, 7) is 2.91. The summed E-state index contributed by atoms with van der Waals surface area (Å²) in [5.74, 6) is -0.840. The van der Waals surface area contributed by atoms with Crippen LogP contribution < -0.4 is 5.32 Å². The first-order valence-electron chi connectivity index (χ1n) is 12.0. The third-order valence-corrected chi connectivity index (χ3v) is 7.03. The Bertz CT molecular complexity index is 1450. The molecule has 36 heavy (non-hydrogen) atoms.